The number of aliphatic hydroxyl groups is 1. The van der Waals surface area contributed by atoms with E-state index >= 15 is 0 Å². The summed E-state index contributed by atoms with van der Waals surface area (Å²) in [5.74, 6) is -0.431. The van der Waals surface area contributed by atoms with Gasteiger partial charge in [-0.25, -0.2) is 18.2 Å². The first-order valence-corrected chi connectivity index (χ1v) is 12.8. The van der Waals surface area contributed by atoms with Crippen LogP contribution in [0.2, 0.25) is 0 Å². The smallest absolute Gasteiger partial charge is 0.408 e. The maximum absolute atomic E-state index is 12.9. The van der Waals surface area contributed by atoms with E-state index in [1.807, 2.05) is 6.92 Å². The third kappa shape index (κ3) is 8.24. The Hall–Kier alpha value is -2.24. The zero-order valence-corrected chi connectivity index (χ0v) is 20.6. The highest BCUT2D eigenvalue weighted by Gasteiger charge is 2.35. The Morgan fingerprint density at radius 2 is 2.06 bits per heavy atom. The average Bonchev–Trinajstić information content (AvgIpc) is 2.92. The van der Waals surface area contributed by atoms with Gasteiger partial charge in [-0.15, -0.1) is 0 Å². The normalized spacial score (nSPS) is 21.0. The van der Waals surface area contributed by atoms with Crippen molar-refractivity contribution < 1.29 is 27.9 Å². The van der Waals surface area contributed by atoms with Crippen molar-refractivity contribution in [3.63, 3.8) is 0 Å². The molecule has 0 bridgehead atoms. The first-order chi connectivity index (χ1) is 15.4. The van der Waals surface area contributed by atoms with Crippen LogP contribution in [-0.2, 0) is 19.6 Å². The molecule has 11 heteroatoms. The lowest BCUT2D eigenvalue weighted by molar-refractivity contribution is -0.125. The Kier molecular flexibility index (Phi) is 9.62. The highest BCUT2D eigenvalue weighted by molar-refractivity contribution is 7.89. The third-order valence-electron chi connectivity index (χ3n) is 5.20. The van der Waals surface area contributed by atoms with Crippen molar-refractivity contribution in [2.24, 2.45) is 0 Å². The second-order valence-electron chi connectivity index (χ2n) is 9.20. The lowest BCUT2D eigenvalue weighted by Crippen LogP contribution is -2.54. The summed E-state index contributed by atoms with van der Waals surface area (Å²) in [4.78, 5) is 29.1. The number of rotatable bonds is 8. The van der Waals surface area contributed by atoms with Gasteiger partial charge in [0.15, 0.2) is 5.03 Å². The molecule has 0 radical (unpaired) electrons. The van der Waals surface area contributed by atoms with Crippen LogP contribution < -0.4 is 10.6 Å². The summed E-state index contributed by atoms with van der Waals surface area (Å²) in [6.07, 6.45) is 2.43. The molecule has 3 atom stereocenters. The van der Waals surface area contributed by atoms with Gasteiger partial charge >= 0.3 is 6.09 Å². The molecular formula is C22H36N4O6S. The second-order valence-corrected chi connectivity index (χ2v) is 11.1. The van der Waals surface area contributed by atoms with E-state index in [0.717, 1.165) is 12.8 Å². The number of nitrogens with one attached hydrogen (secondary N) is 2. The number of aromatic nitrogens is 1. The molecule has 0 spiro atoms. The molecule has 10 nitrogen and oxygen atoms in total. The first-order valence-electron chi connectivity index (χ1n) is 11.3. The number of nitrogens with zero attached hydrogens (tertiary/aromatic N) is 2. The van der Waals surface area contributed by atoms with Crippen molar-refractivity contribution in [1.29, 1.82) is 0 Å². The van der Waals surface area contributed by atoms with Crippen molar-refractivity contribution in [3.05, 3.63) is 24.4 Å². The molecule has 1 aliphatic heterocycles. The van der Waals surface area contributed by atoms with Gasteiger partial charge in [0.05, 0.1) is 12.1 Å². The number of carbonyl (C=O) groups excluding carboxylic acids is 2. The van der Waals surface area contributed by atoms with Gasteiger partial charge in [0.2, 0.25) is 5.91 Å². The Morgan fingerprint density at radius 3 is 2.67 bits per heavy atom. The van der Waals surface area contributed by atoms with Crippen LogP contribution in [0.3, 0.4) is 0 Å². The highest BCUT2D eigenvalue weighted by atomic mass is 32.2. The van der Waals surface area contributed by atoms with Crippen molar-refractivity contribution >= 4 is 22.0 Å². The lowest BCUT2D eigenvalue weighted by atomic mass is 10.0. The van der Waals surface area contributed by atoms with Gasteiger partial charge in [-0.2, -0.15) is 4.31 Å². The molecule has 0 saturated carbocycles. The van der Waals surface area contributed by atoms with Gasteiger partial charge in [0, 0.05) is 19.3 Å². The zero-order chi connectivity index (χ0) is 24.6. The molecule has 1 saturated heterocycles. The monoisotopic (exact) mass is 484 g/mol. The quantitative estimate of drug-likeness (QED) is 0.511. The Morgan fingerprint density at radius 1 is 1.33 bits per heavy atom. The Bertz CT molecular complexity index is 888. The number of unbranched alkanes of at least 4 members (excludes halogenated alkanes) is 1. The highest BCUT2D eigenvalue weighted by Crippen LogP contribution is 2.20. The molecule has 1 aromatic rings. The van der Waals surface area contributed by atoms with Crippen LogP contribution in [-0.4, -0.2) is 71.7 Å². The van der Waals surface area contributed by atoms with E-state index in [-0.39, 0.29) is 18.1 Å². The summed E-state index contributed by atoms with van der Waals surface area (Å²) < 4.78 is 32.2. The van der Waals surface area contributed by atoms with Gasteiger partial charge in [-0.3, -0.25) is 4.79 Å². The number of aliphatic hydroxyl groups excluding tert-OH is 1. The largest absolute Gasteiger partial charge is 0.444 e. The van der Waals surface area contributed by atoms with Crippen molar-refractivity contribution in [3.8, 4) is 0 Å². The predicted octanol–water partition coefficient (Wildman–Crippen LogP) is 1.80. The standard InChI is InChI=1S/C22H36N4O6S/c1-5-6-10-17(25-21(29)32-22(2,3)4)20(28)24-16-11-9-14-26(15-18(16)27)33(30,31)19-12-7-8-13-23-19/h7-8,12-13,16-18,27H,5-6,9-11,14-15H2,1-4H3,(H,24,28)(H,25,29)/t16?,17-,18?/m0/s1. The minimum atomic E-state index is -3.86. The lowest BCUT2D eigenvalue weighted by Gasteiger charge is -2.27. The molecular weight excluding hydrogens is 448 g/mol. The van der Waals surface area contributed by atoms with Crippen molar-refractivity contribution in [1.82, 2.24) is 19.9 Å². The predicted molar refractivity (Wildman–Crippen MR) is 123 cm³/mol. The van der Waals surface area contributed by atoms with E-state index in [4.69, 9.17) is 4.74 Å². The van der Waals surface area contributed by atoms with Gasteiger partial charge in [-0.1, -0.05) is 25.8 Å². The summed E-state index contributed by atoms with van der Waals surface area (Å²) >= 11 is 0. The maximum Gasteiger partial charge on any atom is 0.408 e. The Balaban J connectivity index is 2.05. The fourth-order valence-electron chi connectivity index (χ4n) is 3.54. The number of hydrogen-bond donors (Lipinski definition) is 3. The van der Waals surface area contributed by atoms with Gasteiger partial charge < -0.3 is 20.5 Å². The van der Waals surface area contributed by atoms with Crippen LogP contribution in [0.15, 0.2) is 29.4 Å². The number of sulfonamides is 1. The Labute approximate surface area is 196 Å². The zero-order valence-electron chi connectivity index (χ0n) is 19.8. The number of alkyl carbamates (subject to hydrolysis) is 1. The van der Waals surface area contributed by atoms with E-state index in [1.54, 1.807) is 32.9 Å². The summed E-state index contributed by atoms with van der Waals surface area (Å²) in [5.41, 5.74) is -0.699. The number of hydrogen-bond acceptors (Lipinski definition) is 7. The first kappa shape index (κ1) is 27.0. The van der Waals surface area contributed by atoms with Crippen LogP contribution in [0.5, 0.6) is 0 Å². The number of ether oxygens (including phenoxy) is 1. The molecule has 2 unspecified atom stereocenters. The minimum Gasteiger partial charge on any atom is -0.444 e. The van der Waals surface area contributed by atoms with E-state index in [0.29, 0.717) is 19.3 Å². The van der Waals surface area contributed by atoms with Gasteiger partial charge in [0.1, 0.15) is 11.6 Å². The van der Waals surface area contributed by atoms with E-state index in [2.05, 4.69) is 15.6 Å². The molecule has 33 heavy (non-hydrogen) atoms. The van der Waals surface area contributed by atoms with Gasteiger partial charge in [0.25, 0.3) is 10.0 Å². The van der Waals surface area contributed by atoms with Gasteiger partial charge in [-0.05, 0) is 52.2 Å². The van der Waals surface area contributed by atoms with Crippen LogP contribution in [0.4, 0.5) is 4.79 Å². The minimum absolute atomic E-state index is 0.0825. The molecule has 2 amide bonds. The number of amides is 2. The number of β-amino-alcohol motifs (C(OH)–C–C–N with tert-alkyl or cyclic N) is 1. The molecule has 186 valence electrons. The van der Waals surface area contributed by atoms with Crippen LogP contribution in [0.25, 0.3) is 0 Å². The molecule has 1 fully saturated rings. The summed E-state index contributed by atoms with van der Waals surface area (Å²) in [6.45, 7) is 7.23. The summed E-state index contributed by atoms with van der Waals surface area (Å²) in [5, 5.41) is 16.0. The number of pyridine rings is 1. The van der Waals surface area contributed by atoms with Crippen molar-refractivity contribution in [2.75, 3.05) is 13.1 Å². The third-order valence-corrected chi connectivity index (χ3v) is 6.98. The summed E-state index contributed by atoms with van der Waals surface area (Å²) in [7, 11) is -3.86. The molecule has 1 aromatic heterocycles. The maximum atomic E-state index is 12.9. The van der Waals surface area contributed by atoms with E-state index in [1.165, 1.54) is 16.6 Å². The van der Waals surface area contributed by atoms with Crippen molar-refractivity contribution in [2.45, 2.75) is 88.6 Å². The molecule has 0 aromatic carbocycles. The molecule has 2 heterocycles. The average molecular weight is 485 g/mol. The molecule has 2 rings (SSSR count). The fourth-order valence-corrected chi connectivity index (χ4v) is 4.96. The van der Waals surface area contributed by atoms with E-state index in [9.17, 15) is 23.1 Å². The molecule has 1 aliphatic rings. The van der Waals surface area contributed by atoms with Crippen LogP contribution in [0.1, 0.15) is 59.8 Å². The SMILES string of the molecule is CCCC[C@H](NC(=O)OC(C)(C)C)C(=O)NC1CCCN(S(=O)(=O)c2ccccn2)CC1O. The molecule has 0 aliphatic carbocycles. The topological polar surface area (TPSA) is 138 Å². The van der Waals surface area contributed by atoms with Crippen LogP contribution in [0, 0.1) is 0 Å². The number of carbonyl (C=O) groups is 2. The summed E-state index contributed by atoms with van der Waals surface area (Å²) in [6, 6.07) is 3.16. The van der Waals surface area contributed by atoms with E-state index < -0.39 is 45.8 Å². The fraction of sp³-hybridized carbons (Fsp3) is 0.682. The second kappa shape index (κ2) is 11.8. The van der Waals surface area contributed by atoms with Crippen LogP contribution >= 0.6 is 0 Å². The molecule has 3 N–H and O–H groups in total.